The van der Waals surface area contributed by atoms with Crippen molar-refractivity contribution in [2.24, 2.45) is 5.73 Å². The predicted octanol–water partition coefficient (Wildman–Crippen LogP) is 3.32. The van der Waals surface area contributed by atoms with E-state index in [0.717, 1.165) is 42.9 Å². The lowest BCUT2D eigenvalue weighted by molar-refractivity contribution is -0.123. The Morgan fingerprint density at radius 3 is 2.30 bits per heavy atom. The molecular formula is C20H27Cl2N3O2. The number of methoxy groups -OCH3 is 1. The SMILES string of the molecule is COc1ccccc1N1CCC(NC(=O)C(N)c2ccccc2)CC1.Cl.Cl. The van der Waals surface area contributed by atoms with Crippen LogP contribution in [0.25, 0.3) is 0 Å². The van der Waals surface area contributed by atoms with Crippen molar-refractivity contribution >= 4 is 36.4 Å². The predicted molar refractivity (Wildman–Crippen MR) is 114 cm³/mol. The molecule has 1 amide bonds. The summed E-state index contributed by atoms with van der Waals surface area (Å²) in [4.78, 5) is 14.7. The average molecular weight is 412 g/mol. The second kappa shape index (κ2) is 11.0. The quantitative estimate of drug-likeness (QED) is 0.791. The standard InChI is InChI=1S/C20H25N3O2.2ClH/c1-25-18-10-6-5-9-17(18)23-13-11-16(12-14-23)22-20(24)19(21)15-7-3-2-4-8-15;;/h2-10,16,19H,11-14,21H2,1H3,(H,22,24);2*1H. The minimum atomic E-state index is -0.617. The van der Waals surface area contributed by atoms with Gasteiger partial charge in [0, 0.05) is 19.1 Å². The Bertz CT molecular complexity index is 707. The van der Waals surface area contributed by atoms with Gasteiger partial charge in [0.15, 0.2) is 0 Å². The molecule has 0 aliphatic carbocycles. The molecule has 7 heteroatoms. The van der Waals surface area contributed by atoms with Gasteiger partial charge in [-0.2, -0.15) is 0 Å². The smallest absolute Gasteiger partial charge is 0.241 e. The summed E-state index contributed by atoms with van der Waals surface area (Å²) in [5.74, 6) is 0.776. The Kier molecular flexibility index (Phi) is 9.43. The van der Waals surface area contributed by atoms with Crippen LogP contribution in [0.15, 0.2) is 54.6 Å². The fraction of sp³-hybridized carbons (Fsp3) is 0.350. The lowest BCUT2D eigenvalue weighted by Gasteiger charge is -2.35. The molecule has 148 valence electrons. The third-order valence-corrected chi connectivity index (χ3v) is 4.71. The van der Waals surface area contributed by atoms with E-state index < -0.39 is 6.04 Å². The summed E-state index contributed by atoms with van der Waals surface area (Å²) in [6.45, 7) is 1.76. The number of ether oxygens (including phenoxy) is 1. The third-order valence-electron chi connectivity index (χ3n) is 4.71. The van der Waals surface area contributed by atoms with Gasteiger partial charge in [0.05, 0.1) is 12.8 Å². The van der Waals surface area contributed by atoms with Crippen LogP contribution in [0.1, 0.15) is 24.4 Å². The van der Waals surface area contributed by atoms with Crippen molar-refractivity contribution < 1.29 is 9.53 Å². The topological polar surface area (TPSA) is 67.6 Å². The van der Waals surface area contributed by atoms with Crippen LogP contribution in [0, 0.1) is 0 Å². The summed E-state index contributed by atoms with van der Waals surface area (Å²) in [7, 11) is 1.69. The second-order valence-electron chi connectivity index (χ2n) is 6.33. The molecule has 1 aliphatic heterocycles. The number of anilines is 1. The maximum absolute atomic E-state index is 12.4. The fourth-order valence-corrected chi connectivity index (χ4v) is 3.26. The van der Waals surface area contributed by atoms with Crippen LogP contribution in [0.2, 0.25) is 0 Å². The zero-order valence-corrected chi connectivity index (χ0v) is 17.0. The van der Waals surface area contributed by atoms with Gasteiger partial charge in [0.1, 0.15) is 11.8 Å². The second-order valence-corrected chi connectivity index (χ2v) is 6.33. The Morgan fingerprint density at radius 2 is 1.67 bits per heavy atom. The highest BCUT2D eigenvalue weighted by Gasteiger charge is 2.24. The van der Waals surface area contributed by atoms with Gasteiger partial charge < -0.3 is 20.7 Å². The minimum absolute atomic E-state index is 0. The third kappa shape index (κ3) is 5.76. The fourth-order valence-electron chi connectivity index (χ4n) is 3.26. The number of benzene rings is 2. The molecular weight excluding hydrogens is 385 g/mol. The number of carbonyl (C=O) groups is 1. The molecule has 0 spiro atoms. The van der Waals surface area contributed by atoms with E-state index in [4.69, 9.17) is 10.5 Å². The van der Waals surface area contributed by atoms with E-state index in [0.29, 0.717) is 0 Å². The van der Waals surface area contributed by atoms with Crippen molar-refractivity contribution in [3.05, 3.63) is 60.2 Å². The van der Waals surface area contributed by atoms with Crippen LogP contribution >= 0.6 is 24.8 Å². The molecule has 3 N–H and O–H groups in total. The lowest BCUT2D eigenvalue weighted by Crippen LogP contribution is -2.47. The number of nitrogens with two attached hydrogens (primary N) is 1. The highest BCUT2D eigenvalue weighted by atomic mass is 35.5. The average Bonchev–Trinajstić information content (AvgIpc) is 2.68. The first kappa shape index (κ1) is 23.1. The van der Waals surface area contributed by atoms with Gasteiger partial charge >= 0.3 is 0 Å². The number of hydrogen-bond acceptors (Lipinski definition) is 4. The summed E-state index contributed by atoms with van der Waals surface area (Å²) in [5.41, 5.74) is 8.02. The molecule has 1 atom stereocenters. The van der Waals surface area contributed by atoms with Crippen LogP contribution in [0.3, 0.4) is 0 Å². The Morgan fingerprint density at radius 1 is 1.07 bits per heavy atom. The van der Waals surface area contributed by atoms with Crippen molar-refractivity contribution in [1.82, 2.24) is 5.32 Å². The molecule has 3 rings (SSSR count). The molecule has 0 saturated carbocycles. The highest BCUT2D eigenvalue weighted by Crippen LogP contribution is 2.29. The number of nitrogens with one attached hydrogen (secondary N) is 1. The first-order valence-electron chi connectivity index (χ1n) is 8.68. The van der Waals surface area contributed by atoms with Crippen LogP contribution in [0.5, 0.6) is 5.75 Å². The monoisotopic (exact) mass is 411 g/mol. The van der Waals surface area contributed by atoms with Crippen molar-refractivity contribution in [3.8, 4) is 5.75 Å². The summed E-state index contributed by atoms with van der Waals surface area (Å²) < 4.78 is 5.44. The van der Waals surface area contributed by atoms with Crippen LogP contribution in [-0.2, 0) is 4.79 Å². The molecule has 1 heterocycles. The molecule has 0 bridgehead atoms. The maximum atomic E-state index is 12.4. The first-order chi connectivity index (χ1) is 12.2. The Hall–Kier alpha value is -1.95. The molecule has 0 aromatic heterocycles. The van der Waals surface area contributed by atoms with E-state index in [1.54, 1.807) is 7.11 Å². The van der Waals surface area contributed by atoms with E-state index in [1.807, 2.05) is 48.5 Å². The number of carbonyl (C=O) groups excluding carboxylic acids is 1. The number of para-hydroxylation sites is 2. The summed E-state index contributed by atoms with van der Waals surface area (Å²) in [5, 5.41) is 3.10. The molecule has 0 radical (unpaired) electrons. The zero-order chi connectivity index (χ0) is 17.6. The molecule has 5 nitrogen and oxygen atoms in total. The number of nitrogens with zero attached hydrogens (tertiary/aromatic N) is 1. The van der Waals surface area contributed by atoms with Crippen molar-refractivity contribution in [1.29, 1.82) is 0 Å². The van der Waals surface area contributed by atoms with Gasteiger partial charge in [-0.05, 0) is 30.5 Å². The Labute approximate surface area is 173 Å². The number of piperidine rings is 1. The normalized spacial score (nSPS) is 15.1. The van der Waals surface area contributed by atoms with Crippen molar-refractivity contribution in [3.63, 3.8) is 0 Å². The van der Waals surface area contributed by atoms with E-state index in [1.165, 1.54) is 0 Å². The van der Waals surface area contributed by atoms with E-state index in [2.05, 4.69) is 16.3 Å². The highest BCUT2D eigenvalue weighted by molar-refractivity contribution is 5.85. The van der Waals surface area contributed by atoms with Gasteiger partial charge in [-0.25, -0.2) is 0 Å². The van der Waals surface area contributed by atoms with Gasteiger partial charge in [-0.1, -0.05) is 42.5 Å². The minimum Gasteiger partial charge on any atom is -0.495 e. The molecule has 27 heavy (non-hydrogen) atoms. The number of rotatable bonds is 5. The van der Waals surface area contributed by atoms with Gasteiger partial charge in [-0.3, -0.25) is 4.79 Å². The summed E-state index contributed by atoms with van der Waals surface area (Å²) >= 11 is 0. The van der Waals surface area contributed by atoms with E-state index >= 15 is 0 Å². The molecule has 1 saturated heterocycles. The number of hydrogen-bond donors (Lipinski definition) is 2. The molecule has 1 fully saturated rings. The van der Waals surface area contributed by atoms with Crippen LogP contribution in [0.4, 0.5) is 5.69 Å². The van der Waals surface area contributed by atoms with Gasteiger partial charge in [0.25, 0.3) is 0 Å². The largest absolute Gasteiger partial charge is 0.495 e. The molecule has 2 aromatic carbocycles. The van der Waals surface area contributed by atoms with Crippen LogP contribution < -0.4 is 20.7 Å². The first-order valence-corrected chi connectivity index (χ1v) is 8.68. The number of amides is 1. The molecule has 1 aliphatic rings. The molecule has 2 aromatic rings. The van der Waals surface area contributed by atoms with Crippen molar-refractivity contribution in [2.75, 3.05) is 25.1 Å². The summed E-state index contributed by atoms with van der Waals surface area (Å²) in [6.07, 6.45) is 1.79. The van der Waals surface area contributed by atoms with Crippen LogP contribution in [-0.4, -0.2) is 32.1 Å². The van der Waals surface area contributed by atoms with Crippen molar-refractivity contribution in [2.45, 2.75) is 24.9 Å². The van der Waals surface area contributed by atoms with E-state index in [-0.39, 0.29) is 36.8 Å². The summed E-state index contributed by atoms with van der Waals surface area (Å²) in [6, 6.07) is 17.1. The lowest BCUT2D eigenvalue weighted by atomic mass is 10.0. The number of halogens is 2. The van der Waals surface area contributed by atoms with Gasteiger partial charge in [-0.15, -0.1) is 24.8 Å². The zero-order valence-electron chi connectivity index (χ0n) is 15.3. The molecule has 1 unspecified atom stereocenters. The Balaban J connectivity index is 0.00000182. The van der Waals surface area contributed by atoms with E-state index in [9.17, 15) is 4.79 Å². The van der Waals surface area contributed by atoms with Gasteiger partial charge in [0.2, 0.25) is 5.91 Å². The maximum Gasteiger partial charge on any atom is 0.241 e.